The molecule has 2 aromatic carbocycles. The molecule has 1 heterocycles. The summed E-state index contributed by atoms with van der Waals surface area (Å²) in [5, 5.41) is 3.66. The molecule has 0 aliphatic carbocycles. The summed E-state index contributed by atoms with van der Waals surface area (Å²) in [4.78, 5) is 2.56. The van der Waals surface area contributed by atoms with Gasteiger partial charge >= 0.3 is 0 Å². The van der Waals surface area contributed by atoms with E-state index in [9.17, 15) is 0 Å². The summed E-state index contributed by atoms with van der Waals surface area (Å²) in [7, 11) is 4.00. The zero-order chi connectivity index (χ0) is 19.9. The number of likely N-dealkylation sites (tertiary alicyclic amines) is 1. The molecule has 28 heavy (non-hydrogen) atoms. The van der Waals surface area contributed by atoms with E-state index >= 15 is 0 Å². The van der Waals surface area contributed by atoms with Crippen molar-refractivity contribution in [2.75, 3.05) is 27.2 Å². The number of rotatable bonds is 8. The first-order valence-corrected chi connectivity index (χ1v) is 10.7. The van der Waals surface area contributed by atoms with Crippen LogP contribution in [0.5, 0.6) is 5.75 Å². The van der Waals surface area contributed by atoms with Crippen molar-refractivity contribution in [3.63, 3.8) is 0 Å². The van der Waals surface area contributed by atoms with Gasteiger partial charge in [0, 0.05) is 19.1 Å². The van der Waals surface area contributed by atoms with Crippen LogP contribution in [0.1, 0.15) is 31.4 Å². The quantitative estimate of drug-likeness (QED) is 0.676. The second-order valence-corrected chi connectivity index (χ2v) is 8.49. The molecule has 0 spiro atoms. The van der Waals surface area contributed by atoms with Crippen molar-refractivity contribution in [2.45, 2.75) is 39.3 Å². The predicted molar refractivity (Wildman–Crippen MR) is 118 cm³/mol. The highest BCUT2D eigenvalue weighted by atomic mass is 16.5. The molecule has 1 N–H and O–H groups in total. The SMILES string of the molecule is COc1ccc(CNCCC2C(C)CN(C)C(C)C2Cc2ccccc2)cc1. The summed E-state index contributed by atoms with van der Waals surface area (Å²) in [5.74, 6) is 3.12. The monoisotopic (exact) mass is 380 g/mol. The Hall–Kier alpha value is -1.84. The van der Waals surface area contributed by atoms with Crippen LogP contribution in [-0.4, -0.2) is 38.2 Å². The van der Waals surface area contributed by atoms with Crippen molar-refractivity contribution in [3.05, 3.63) is 65.7 Å². The molecule has 0 aromatic heterocycles. The molecule has 0 saturated carbocycles. The molecule has 0 bridgehead atoms. The zero-order valence-corrected chi connectivity index (χ0v) is 17.9. The van der Waals surface area contributed by atoms with Gasteiger partial charge < -0.3 is 15.0 Å². The van der Waals surface area contributed by atoms with Gasteiger partial charge in [0.15, 0.2) is 0 Å². The smallest absolute Gasteiger partial charge is 0.118 e. The van der Waals surface area contributed by atoms with Crippen molar-refractivity contribution in [1.29, 1.82) is 0 Å². The Morgan fingerprint density at radius 1 is 0.964 bits per heavy atom. The zero-order valence-electron chi connectivity index (χ0n) is 17.9. The van der Waals surface area contributed by atoms with Crippen LogP contribution in [0.2, 0.25) is 0 Å². The van der Waals surface area contributed by atoms with Crippen molar-refractivity contribution >= 4 is 0 Å². The van der Waals surface area contributed by atoms with Crippen LogP contribution in [0.3, 0.4) is 0 Å². The highest BCUT2D eigenvalue weighted by Crippen LogP contribution is 2.36. The molecule has 1 saturated heterocycles. The van der Waals surface area contributed by atoms with E-state index in [-0.39, 0.29) is 0 Å². The maximum absolute atomic E-state index is 5.24. The van der Waals surface area contributed by atoms with Gasteiger partial charge in [-0.05, 0) is 74.4 Å². The Labute approximate surface area is 171 Å². The minimum atomic E-state index is 0.628. The highest BCUT2D eigenvalue weighted by Gasteiger charge is 2.37. The number of hydrogen-bond acceptors (Lipinski definition) is 3. The van der Waals surface area contributed by atoms with Gasteiger partial charge in [0.25, 0.3) is 0 Å². The van der Waals surface area contributed by atoms with Gasteiger partial charge in [-0.1, -0.05) is 49.4 Å². The second-order valence-electron chi connectivity index (χ2n) is 8.49. The van der Waals surface area contributed by atoms with Crippen molar-refractivity contribution in [2.24, 2.45) is 17.8 Å². The van der Waals surface area contributed by atoms with Crippen LogP contribution in [0.25, 0.3) is 0 Å². The number of benzene rings is 2. The summed E-state index contributed by atoms with van der Waals surface area (Å²) >= 11 is 0. The Morgan fingerprint density at radius 2 is 1.68 bits per heavy atom. The van der Waals surface area contributed by atoms with Gasteiger partial charge in [-0.25, -0.2) is 0 Å². The summed E-state index contributed by atoms with van der Waals surface area (Å²) in [6.07, 6.45) is 2.42. The van der Waals surface area contributed by atoms with Gasteiger partial charge in [0.2, 0.25) is 0 Å². The average molecular weight is 381 g/mol. The van der Waals surface area contributed by atoms with E-state index in [0.717, 1.165) is 30.7 Å². The normalized spacial score (nSPS) is 25.6. The lowest BCUT2D eigenvalue weighted by Gasteiger charge is -2.46. The number of nitrogens with one attached hydrogen (secondary N) is 1. The topological polar surface area (TPSA) is 24.5 Å². The van der Waals surface area contributed by atoms with E-state index in [4.69, 9.17) is 4.74 Å². The molecule has 4 atom stereocenters. The molecule has 0 radical (unpaired) electrons. The highest BCUT2D eigenvalue weighted by molar-refractivity contribution is 5.27. The molecule has 152 valence electrons. The number of methoxy groups -OCH3 is 1. The van der Waals surface area contributed by atoms with Crippen LogP contribution in [0.4, 0.5) is 0 Å². The molecule has 1 aliphatic heterocycles. The number of nitrogens with zero attached hydrogens (tertiary/aromatic N) is 1. The lowest BCUT2D eigenvalue weighted by Crippen LogP contribution is -2.50. The van der Waals surface area contributed by atoms with Gasteiger partial charge in [-0.3, -0.25) is 0 Å². The fourth-order valence-electron chi connectivity index (χ4n) is 4.81. The summed E-state index contributed by atoms with van der Waals surface area (Å²) < 4.78 is 5.24. The lowest BCUT2D eigenvalue weighted by atomic mass is 9.70. The van der Waals surface area contributed by atoms with Crippen molar-refractivity contribution in [1.82, 2.24) is 10.2 Å². The Kier molecular flexibility index (Phi) is 7.52. The van der Waals surface area contributed by atoms with E-state index in [0.29, 0.717) is 12.0 Å². The molecule has 3 nitrogen and oxygen atoms in total. The Morgan fingerprint density at radius 3 is 2.36 bits per heavy atom. The third-order valence-corrected chi connectivity index (χ3v) is 6.63. The van der Waals surface area contributed by atoms with E-state index in [1.807, 2.05) is 12.1 Å². The molecular weight excluding hydrogens is 344 g/mol. The van der Waals surface area contributed by atoms with Gasteiger partial charge in [0.1, 0.15) is 5.75 Å². The molecule has 3 rings (SSSR count). The molecule has 0 amide bonds. The molecule has 1 aliphatic rings. The first-order valence-electron chi connectivity index (χ1n) is 10.7. The number of hydrogen-bond donors (Lipinski definition) is 1. The fraction of sp³-hybridized carbons (Fsp3) is 0.520. The molecule has 2 aromatic rings. The number of piperidine rings is 1. The third kappa shape index (κ3) is 5.36. The van der Waals surface area contributed by atoms with E-state index in [1.165, 1.54) is 30.5 Å². The first kappa shape index (κ1) is 20.9. The van der Waals surface area contributed by atoms with Crippen molar-refractivity contribution in [3.8, 4) is 5.75 Å². The van der Waals surface area contributed by atoms with Gasteiger partial charge in [-0.15, -0.1) is 0 Å². The lowest BCUT2D eigenvalue weighted by molar-refractivity contribution is 0.0320. The maximum atomic E-state index is 5.24. The standard InChI is InChI=1S/C25H36N2O/c1-19-18-27(3)20(2)25(16-21-8-6-5-7-9-21)24(19)14-15-26-17-22-10-12-23(28-4)13-11-22/h5-13,19-20,24-26H,14-18H2,1-4H3. The van der Waals surface area contributed by atoms with Gasteiger partial charge in [0.05, 0.1) is 7.11 Å². The van der Waals surface area contributed by atoms with Crippen LogP contribution < -0.4 is 10.1 Å². The second kappa shape index (κ2) is 10.1. The molecular formula is C25H36N2O. The van der Waals surface area contributed by atoms with Crippen LogP contribution in [0, 0.1) is 17.8 Å². The summed E-state index contributed by atoms with van der Waals surface area (Å²) in [6.45, 7) is 8.05. The van der Waals surface area contributed by atoms with E-state index in [2.05, 4.69) is 73.6 Å². The number of ether oxygens (including phenoxy) is 1. The molecule has 3 heteroatoms. The first-order chi connectivity index (χ1) is 13.6. The third-order valence-electron chi connectivity index (χ3n) is 6.63. The van der Waals surface area contributed by atoms with Crippen LogP contribution in [-0.2, 0) is 13.0 Å². The van der Waals surface area contributed by atoms with E-state index in [1.54, 1.807) is 7.11 Å². The van der Waals surface area contributed by atoms with Crippen LogP contribution >= 0.6 is 0 Å². The predicted octanol–water partition coefficient (Wildman–Crippen LogP) is 4.62. The molecule has 1 fully saturated rings. The minimum absolute atomic E-state index is 0.628. The Balaban J connectivity index is 1.57. The van der Waals surface area contributed by atoms with Crippen LogP contribution in [0.15, 0.2) is 54.6 Å². The Bertz CT molecular complexity index is 700. The summed E-state index contributed by atoms with van der Waals surface area (Å²) in [5.41, 5.74) is 2.78. The maximum Gasteiger partial charge on any atom is 0.118 e. The molecule has 4 unspecified atom stereocenters. The average Bonchev–Trinajstić information content (AvgIpc) is 2.72. The van der Waals surface area contributed by atoms with Gasteiger partial charge in [-0.2, -0.15) is 0 Å². The van der Waals surface area contributed by atoms with Crippen molar-refractivity contribution < 1.29 is 4.74 Å². The minimum Gasteiger partial charge on any atom is -0.497 e. The fourth-order valence-corrected chi connectivity index (χ4v) is 4.81. The largest absolute Gasteiger partial charge is 0.497 e. The summed E-state index contributed by atoms with van der Waals surface area (Å²) in [6, 6.07) is 20.0. The van der Waals surface area contributed by atoms with E-state index < -0.39 is 0 Å².